The summed E-state index contributed by atoms with van der Waals surface area (Å²) in [4.78, 5) is 3.66. The highest BCUT2D eigenvalue weighted by molar-refractivity contribution is 5.39. The van der Waals surface area contributed by atoms with Crippen LogP contribution in [0.2, 0.25) is 0 Å². The van der Waals surface area contributed by atoms with Gasteiger partial charge in [-0.15, -0.1) is 4.73 Å². The summed E-state index contributed by atoms with van der Waals surface area (Å²) >= 11 is 0. The Labute approximate surface area is 58.4 Å². The molecule has 0 aliphatic carbocycles. The van der Waals surface area contributed by atoms with Crippen molar-refractivity contribution in [1.29, 1.82) is 0 Å². The van der Waals surface area contributed by atoms with Gasteiger partial charge in [0, 0.05) is 6.54 Å². The SMILES string of the molecule is CCNc1cnc(N)n1O. The summed E-state index contributed by atoms with van der Waals surface area (Å²) < 4.78 is 0.809. The van der Waals surface area contributed by atoms with Crippen LogP contribution in [0.15, 0.2) is 6.20 Å². The molecule has 0 aliphatic heterocycles. The maximum atomic E-state index is 9.04. The third-order valence-electron chi connectivity index (χ3n) is 1.12. The van der Waals surface area contributed by atoms with Crippen LogP contribution in [-0.2, 0) is 0 Å². The van der Waals surface area contributed by atoms with Crippen molar-refractivity contribution < 1.29 is 5.21 Å². The van der Waals surface area contributed by atoms with Gasteiger partial charge in [-0.1, -0.05) is 0 Å². The van der Waals surface area contributed by atoms with Gasteiger partial charge in [-0.25, -0.2) is 4.98 Å². The van der Waals surface area contributed by atoms with Gasteiger partial charge in [0.1, 0.15) is 0 Å². The fourth-order valence-electron chi connectivity index (χ4n) is 0.662. The lowest BCUT2D eigenvalue weighted by molar-refractivity contribution is 0.197. The predicted octanol–water partition coefficient (Wildman–Crippen LogP) is 0.134. The van der Waals surface area contributed by atoms with Crippen molar-refractivity contribution in [2.45, 2.75) is 6.92 Å². The molecule has 5 nitrogen and oxygen atoms in total. The number of hydrogen-bond donors (Lipinski definition) is 3. The second-order valence-electron chi connectivity index (χ2n) is 1.84. The highest BCUT2D eigenvalue weighted by Gasteiger charge is 2.01. The van der Waals surface area contributed by atoms with E-state index in [9.17, 15) is 0 Å². The van der Waals surface area contributed by atoms with Crippen LogP contribution in [0.3, 0.4) is 0 Å². The topological polar surface area (TPSA) is 76.1 Å². The van der Waals surface area contributed by atoms with Crippen molar-refractivity contribution in [3.05, 3.63) is 6.20 Å². The Hall–Kier alpha value is -1.39. The number of nitrogens with zero attached hydrogens (tertiary/aromatic N) is 2. The molecular formula is C5H10N4O. The third-order valence-corrected chi connectivity index (χ3v) is 1.12. The van der Waals surface area contributed by atoms with E-state index >= 15 is 0 Å². The Bertz CT molecular complexity index is 219. The monoisotopic (exact) mass is 142 g/mol. The number of nitrogens with one attached hydrogen (secondary N) is 1. The Balaban J connectivity index is 2.83. The van der Waals surface area contributed by atoms with Crippen molar-refractivity contribution in [3.8, 4) is 0 Å². The molecule has 56 valence electrons. The van der Waals surface area contributed by atoms with Crippen LogP contribution in [-0.4, -0.2) is 21.5 Å². The molecule has 0 atom stereocenters. The molecule has 1 aromatic heterocycles. The van der Waals surface area contributed by atoms with Gasteiger partial charge in [0.15, 0.2) is 5.82 Å². The predicted molar refractivity (Wildman–Crippen MR) is 38.0 cm³/mol. The molecule has 0 aliphatic rings. The Morgan fingerprint density at radius 3 is 3.00 bits per heavy atom. The van der Waals surface area contributed by atoms with Gasteiger partial charge >= 0.3 is 0 Å². The molecule has 0 unspecified atom stereocenters. The van der Waals surface area contributed by atoms with Gasteiger partial charge in [0.25, 0.3) is 0 Å². The molecular weight excluding hydrogens is 132 g/mol. The van der Waals surface area contributed by atoms with Crippen LogP contribution in [0.4, 0.5) is 11.8 Å². The summed E-state index contributed by atoms with van der Waals surface area (Å²) in [5.41, 5.74) is 5.23. The molecule has 0 saturated heterocycles. The van der Waals surface area contributed by atoms with E-state index in [1.54, 1.807) is 0 Å². The molecule has 0 aromatic carbocycles. The van der Waals surface area contributed by atoms with Crippen molar-refractivity contribution >= 4 is 11.8 Å². The quantitative estimate of drug-likeness (QED) is 0.513. The van der Waals surface area contributed by atoms with Gasteiger partial charge < -0.3 is 16.3 Å². The van der Waals surface area contributed by atoms with E-state index in [0.717, 1.165) is 11.3 Å². The third kappa shape index (κ3) is 0.975. The Kier molecular flexibility index (Phi) is 1.66. The minimum absolute atomic E-state index is 0.0935. The second-order valence-corrected chi connectivity index (χ2v) is 1.84. The van der Waals surface area contributed by atoms with Crippen LogP contribution in [0.25, 0.3) is 0 Å². The number of aromatic nitrogens is 2. The largest absolute Gasteiger partial charge is 0.424 e. The highest BCUT2D eigenvalue weighted by atomic mass is 16.5. The fourth-order valence-corrected chi connectivity index (χ4v) is 0.662. The van der Waals surface area contributed by atoms with Crippen LogP contribution in [0.1, 0.15) is 6.92 Å². The average molecular weight is 142 g/mol. The number of nitrogens with two attached hydrogens (primary N) is 1. The summed E-state index contributed by atoms with van der Waals surface area (Å²) in [6, 6.07) is 0. The summed E-state index contributed by atoms with van der Waals surface area (Å²) in [7, 11) is 0. The zero-order valence-electron chi connectivity index (χ0n) is 5.70. The molecule has 0 bridgehead atoms. The van der Waals surface area contributed by atoms with Gasteiger partial charge in [-0.05, 0) is 6.92 Å². The molecule has 1 heterocycles. The van der Waals surface area contributed by atoms with E-state index in [-0.39, 0.29) is 5.95 Å². The van der Waals surface area contributed by atoms with Gasteiger partial charge in [-0.2, -0.15) is 0 Å². The van der Waals surface area contributed by atoms with E-state index in [1.807, 2.05) is 6.92 Å². The Morgan fingerprint density at radius 1 is 1.90 bits per heavy atom. The summed E-state index contributed by atoms with van der Waals surface area (Å²) in [5.74, 6) is 0.607. The number of anilines is 2. The molecule has 0 saturated carbocycles. The van der Waals surface area contributed by atoms with Crippen molar-refractivity contribution in [2.24, 2.45) is 0 Å². The van der Waals surface area contributed by atoms with Crippen LogP contribution in [0.5, 0.6) is 0 Å². The van der Waals surface area contributed by atoms with Crippen molar-refractivity contribution in [1.82, 2.24) is 9.71 Å². The maximum absolute atomic E-state index is 9.04. The summed E-state index contributed by atoms with van der Waals surface area (Å²) in [6.07, 6.45) is 1.47. The molecule has 0 radical (unpaired) electrons. The second kappa shape index (κ2) is 2.47. The first kappa shape index (κ1) is 6.73. The number of imidazole rings is 1. The number of rotatable bonds is 2. The fraction of sp³-hybridized carbons (Fsp3) is 0.400. The van der Waals surface area contributed by atoms with Gasteiger partial charge in [0.05, 0.1) is 6.20 Å². The molecule has 0 spiro atoms. The minimum Gasteiger partial charge on any atom is -0.424 e. The molecule has 4 N–H and O–H groups in total. The van der Waals surface area contributed by atoms with E-state index < -0.39 is 0 Å². The van der Waals surface area contributed by atoms with Crippen LogP contribution >= 0.6 is 0 Å². The lowest BCUT2D eigenvalue weighted by Gasteiger charge is -2.00. The molecule has 10 heavy (non-hydrogen) atoms. The lowest BCUT2D eigenvalue weighted by Crippen LogP contribution is -2.05. The first-order valence-corrected chi connectivity index (χ1v) is 3.02. The summed E-state index contributed by atoms with van der Waals surface area (Å²) in [5, 5.41) is 11.9. The zero-order valence-corrected chi connectivity index (χ0v) is 5.70. The van der Waals surface area contributed by atoms with Gasteiger partial charge in [0.2, 0.25) is 5.95 Å². The maximum Gasteiger partial charge on any atom is 0.236 e. The molecule has 5 heteroatoms. The normalized spacial score (nSPS) is 9.70. The van der Waals surface area contributed by atoms with Crippen LogP contribution in [0, 0.1) is 0 Å². The van der Waals surface area contributed by atoms with E-state index in [4.69, 9.17) is 10.9 Å². The smallest absolute Gasteiger partial charge is 0.236 e. The van der Waals surface area contributed by atoms with Crippen molar-refractivity contribution in [2.75, 3.05) is 17.6 Å². The van der Waals surface area contributed by atoms with E-state index in [2.05, 4.69) is 10.3 Å². The Morgan fingerprint density at radius 2 is 2.60 bits per heavy atom. The molecule has 1 aromatic rings. The zero-order chi connectivity index (χ0) is 7.56. The van der Waals surface area contributed by atoms with Crippen molar-refractivity contribution in [3.63, 3.8) is 0 Å². The minimum atomic E-state index is 0.0935. The average Bonchev–Trinajstić information content (AvgIpc) is 2.20. The highest BCUT2D eigenvalue weighted by Crippen LogP contribution is 2.08. The first-order chi connectivity index (χ1) is 4.75. The molecule has 1 rings (SSSR count). The number of hydrogen-bond acceptors (Lipinski definition) is 4. The van der Waals surface area contributed by atoms with E-state index in [1.165, 1.54) is 6.20 Å². The van der Waals surface area contributed by atoms with E-state index in [0.29, 0.717) is 5.82 Å². The standard InChI is InChI=1S/C5H10N4O/c1-2-7-4-3-8-5(6)9(4)10/h3,7,10H,2H2,1H3,(H2,6,8). The summed E-state index contributed by atoms with van der Waals surface area (Å²) in [6.45, 7) is 2.65. The van der Waals surface area contributed by atoms with Crippen LogP contribution < -0.4 is 11.1 Å². The molecule has 0 fully saturated rings. The number of nitrogen functional groups attached to an aromatic ring is 1. The first-order valence-electron chi connectivity index (χ1n) is 3.02. The lowest BCUT2D eigenvalue weighted by atomic mass is 10.7. The molecule has 0 amide bonds. The van der Waals surface area contributed by atoms with Gasteiger partial charge in [-0.3, -0.25) is 0 Å².